The molecule has 1 saturated heterocycles. The van der Waals surface area contributed by atoms with E-state index in [0.717, 1.165) is 35.1 Å². The molecule has 2 fully saturated rings. The van der Waals surface area contributed by atoms with E-state index < -0.39 is 12.5 Å². The predicted octanol–water partition coefficient (Wildman–Crippen LogP) is 1.97. The fraction of sp³-hybridized carbons (Fsp3) is 0.250. The molecule has 0 bridgehead atoms. The van der Waals surface area contributed by atoms with Crippen molar-refractivity contribution in [3.63, 3.8) is 0 Å². The Bertz CT molecular complexity index is 1420. The number of fused-ring (bicyclic) bond motifs is 4. The van der Waals surface area contributed by atoms with Gasteiger partial charge in [0.25, 0.3) is 5.91 Å². The van der Waals surface area contributed by atoms with Gasteiger partial charge in [-0.25, -0.2) is 0 Å². The van der Waals surface area contributed by atoms with Crippen LogP contribution < -0.4 is 61.4 Å². The number of thiocarbonyl (C=S) groups is 1. The Hall–Kier alpha value is -1.52. The monoisotopic (exact) mass is 538 g/mol. The van der Waals surface area contributed by atoms with Crippen LogP contribution in [0.3, 0.4) is 0 Å². The number of rotatable bonds is 4. The van der Waals surface area contributed by atoms with Crippen molar-refractivity contribution in [1.29, 1.82) is 0 Å². The number of anilines is 2. The second-order valence-electron chi connectivity index (χ2n) is 9.28. The molecule has 2 unspecified atom stereocenters. The zero-order chi connectivity index (χ0) is 24.1. The fourth-order valence-corrected chi connectivity index (χ4v) is 7.04. The van der Waals surface area contributed by atoms with E-state index in [-0.39, 0.29) is 61.6 Å². The number of thioether (sulfide) groups is 1. The van der Waals surface area contributed by atoms with Crippen molar-refractivity contribution in [3.05, 3.63) is 76.7 Å². The van der Waals surface area contributed by atoms with E-state index in [1.54, 1.807) is 0 Å². The molecule has 1 saturated carbocycles. The Morgan fingerprint density at radius 1 is 1.06 bits per heavy atom. The molecular formula is C28H23KN2O3S2. The first-order valence-corrected chi connectivity index (χ1v) is 13.1. The van der Waals surface area contributed by atoms with Crippen LogP contribution in [-0.2, 0) is 9.59 Å². The summed E-state index contributed by atoms with van der Waals surface area (Å²) in [6, 6.07) is 21.9. The normalized spacial score (nSPS) is 22.1. The molecule has 0 aromatic heterocycles. The van der Waals surface area contributed by atoms with Crippen molar-refractivity contribution in [3.8, 4) is 0 Å². The smallest absolute Gasteiger partial charge is 0.548 e. The number of carbonyl (C=O) groups excluding carboxylic acids is 2. The third-order valence-corrected chi connectivity index (χ3v) is 8.63. The molecule has 0 spiro atoms. The number of carboxylic acid groups (broad SMARTS) is 1. The standard InChI is InChI=1S/C28H24N2O3S2.K/c31-26(32)16-29-27(33)25(35-28(29)34)15-17-12-13-24-21(14-17)20-9-3-4-10-23(20)30(24)22-11-5-7-18-6-1-2-8-19(18)22;/h1-2,5-8,11-15,20,23H,3-4,9-10,16H2,(H,31,32);/q;+1/p-1/b25-15-;. The first-order chi connectivity index (χ1) is 17.0. The molecule has 3 aliphatic rings. The number of benzene rings is 3. The Labute approximate surface area is 262 Å². The predicted molar refractivity (Wildman–Crippen MR) is 142 cm³/mol. The number of hydrogen-bond donors (Lipinski definition) is 0. The van der Waals surface area contributed by atoms with Crippen molar-refractivity contribution >= 4 is 68.4 Å². The van der Waals surface area contributed by atoms with Crippen molar-refractivity contribution in [2.45, 2.75) is 37.6 Å². The summed E-state index contributed by atoms with van der Waals surface area (Å²) >= 11 is 6.36. The minimum atomic E-state index is -1.32. The van der Waals surface area contributed by atoms with E-state index in [0.29, 0.717) is 16.9 Å². The summed E-state index contributed by atoms with van der Waals surface area (Å²) in [5.74, 6) is -1.26. The van der Waals surface area contributed by atoms with Crippen molar-refractivity contribution in [2.24, 2.45) is 0 Å². The molecule has 176 valence electrons. The van der Waals surface area contributed by atoms with E-state index >= 15 is 0 Å². The minimum Gasteiger partial charge on any atom is -0.548 e. The third-order valence-electron chi connectivity index (χ3n) is 7.26. The van der Waals surface area contributed by atoms with Crippen LogP contribution >= 0.6 is 24.0 Å². The largest absolute Gasteiger partial charge is 1.00 e. The first-order valence-electron chi connectivity index (χ1n) is 11.9. The van der Waals surface area contributed by atoms with Crippen LogP contribution in [0.1, 0.15) is 42.7 Å². The quantitative estimate of drug-likeness (QED) is 0.288. The van der Waals surface area contributed by atoms with Crippen LogP contribution in [0.4, 0.5) is 11.4 Å². The van der Waals surface area contributed by atoms with Crippen LogP contribution in [-0.4, -0.2) is 33.7 Å². The number of nitrogens with zero attached hydrogens (tertiary/aromatic N) is 2. The van der Waals surface area contributed by atoms with Gasteiger partial charge in [0.15, 0.2) is 0 Å². The molecule has 1 amide bonds. The summed E-state index contributed by atoms with van der Waals surface area (Å²) in [4.78, 5) is 27.8. The van der Waals surface area contributed by atoms with Gasteiger partial charge in [-0.1, -0.05) is 79.3 Å². The van der Waals surface area contributed by atoms with Gasteiger partial charge in [-0.15, -0.1) is 0 Å². The summed E-state index contributed by atoms with van der Waals surface area (Å²) in [7, 11) is 0. The molecule has 2 aliphatic heterocycles. The number of carbonyl (C=O) groups is 2. The van der Waals surface area contributed by atoms with Crippen molar-refractivity contribution in [2.75, 3.05) is 11.4 Å². The number of aliphatic carboxylic acids is 1. The van der Waals surface area contributed by atoms with Gasteiger partial charge < -0.3 is 14.8 Å². The molecule has 3 aromatic carbocycles. The van der Waals surface area contributed by atoms with E-state index in [4.69, 9.17) is 12.2 Å². The van der Waals surface area contributed by atoms with E-state index in [2.05, 4.69) is 59.5 Å². The topological polar surface area (TPSA) is 63.7 Å². The minimum absolute atomic E-state index is 0. The van der Waals surface area contributed by atoms with E-state index in [1.807, 2.05) is 12.1 Å². The Balaban J connectivity index is 0.00000267. The van der Waals surface area contributed by atoms with Crippen LogP contribution in [0.2, 0.25) is 0 Å². The molecule has 2 heterocycles. The fourth-order valence-electron chi connectivity index (χ4n) is 5.78. The Morgan fingerprint density at radius 2 is 1.83 bits per heavy atom. The average Bonchev–Trinajstić information content (AvgIpc) is 3.32. The molecule has 0 N–H and O–H groups in total. The number of hydrogen-bond acceptors (Lipinski definition) is 6. The van der Waals surface area contributed by atoms with Gasteiger partial charge in [0.05, 0.1) is 17.4 Å². The van der Waals surface area contributed by atoms with Gasteiger partial charge in [-0.2, -0.15) is 0 Å². The zero-order valence-electron chi connectivity index (χ0n) is 20.0. The summed E-state index contributed by atoms with van der Waals surface area (Å²) in [6.45, 7) is -0.518. The van der Waals surface area contributed by atoms with E-state index in [1.165, 1.54) is 40.6 Å². The van der Waals surface area contributed by atoms with Gasteiger partial charge in [-0.05, 0) is 53.6 Å². The summed E-state index contributed by atoms with van der Waals surface area (Å²) in [5, 5.41) is 13.5. The summed E-state index contributed by atoms with van der Waals surface area (Å²) < 4.78 is 0.251. The van der Waals surface area contributed by atoms with Crippen molar-refractivity contribution < 1.29 is 66.1 Å². The van der Waals surface area contributed by atoms with Crippen LogP contribution in [0.5, 0.6) is 0 Å². The van der Waals surface area contributed by atoms with Crippen molar-refractivity contribution in [1.82, 2.24) is 4.90 Å². The van der Waals surface area contributed by atoms with Crippen LogP contribution in [0.15, 0.2) is 65.6 Å². The van der Waals surface area contributed by atoms with Gasteiger partial charge in [-0.3, -0.25) is 9.69 Å². The maximum absolute atomic E-state index is 12.7. The molecule has 0 radical (unpaired) electrons. The Morgan fingerprint density at radius 3 is 2.67 bits per heavy atom. The second-order valence-corrected chi connectivity index (χ2v) is 11.0. The number of amides is 1. The van der Waals surface area contributed by atoms with E-state index in [9.17, 15) is 14.7 Å². The van der Waals surface area contributed by atoms with Gasteiger partial charge in [0.2, 0.25) is 0 Å². The van der Waals surface area contributed by atoms with Gasteiger partial charge in [0, 0.05) is 28.7 Å². The maximum atomic E-state index is 12.7. The molecule has 1 aliphatic carbocycles. The average molecular weight is 539 g/mol. The Kier molecular flexibility index (Phi) is 7.75. The molecule has 36 heavy (non-hydrogen) atoms. The number of carboxylic acids is 1. The second kappa shape index (κ2) is 10.7. The summed E-state index contributed by atoms with van der Waals surface area (Å²) in [5.41, 5.74) is 4.73. The maximum Gasteiger partial charge on any atom is 1.00 e. The molecule has 8 heteroatoms. The molecular weight excluding hydrogens is 516 g/mol. The molecule has 5 nitrogen and oxygen atoms in total. The van der Waals surface area contributed by atoms with Crippen LogP contribution in [0, 0.1) is 0 Å². The third kappa shape index (κ3) is 4.62. The summed E-state index contributed by atoms with van der Waals surface area (Å²) in [6.07, 6.45) is 6.57. The molecule has 2 atom stereocenters. The van der Waals surface area contributed by atoms with Gasteiger partial charge >= 0.3 is 51.4 Å². The zero-order valence-corrected chi connectivity index (χ0v) is 24.7. The van der Waals surface area contributed by atoms with Gasteiger partial charge in [0.1, 0.15) is 4.32 Å². The molecule has 3 aromatic rings. The van der Waals surface area contributed by atoms with Crippen LogP contribution in [0.25, 0.3) is 16.8 Å². The SMILES string of the molecule is O=C([O-])CN1C(=O)/C(=C/c2ccc3c(c2)C2CCCCC2N3c2cccc3ccccc23)SC1=S.[K+]. The first kappa shape index (κ1) is 26.1. The molecule has 6 rings (SSSR count).